The monoisotopic (exact) mass is 175 g/mol. The van der Waals surface area contributed by atoms with Crippen molar-refractivity contribution in [3.8, 4) is 0 Å². The minimum absolute atomic E-state index is 0. The molecule has 2 nitrogen and oxygen atoms in total. The van der Waals surface area contributed by atoms with E-state index in [0.717, 1.165) is 26.3 Å². The maximum Gasteiger partial charge on any atom is 0.0642 e. The molecule has 0 bridgehead atoms. The van der Waals surface area contributed by atoms with Gasteiger partial charge in [0.05, 0.1) is 13.2 Å². The zero-order valence-electron chi connectivity index (χ0n) is 6.53. The normalized spacial score (nSPS) is 18.0. The van der Waals surface area contributed by atoms with Crippen LogP contribution in [-0.2, 0) is 4.74 Å². The Hall–Kier alpha value is -0.470. The van der Waals surface area contributed by atoms with Gasteiger partial charge < -0.3 is 9.64 Å². The largest absolute Gasteiger partial charge is 0.378 e. The van der Waals surface area contributed by atoms with Crippen LogP contribution in [0.5, 0.6) is 0 Å². The number of hydrogen-bond acceptors (Lipinski definition) is 2. The lowest BCUT2D eigenvalue weighted by molar-refractivity contribution is 0.0594. The van der Waals surface area contributed by atoms with E-state index in [2.05, 4.69) is 17.7 Å². The van der Waals surface area contributed by atoms with Crippen LogP contribution in [-0.4, -0.2) is 31.2 Å². The summed E-state index contributed by atoms with van der Waals surface area (Å²) in [6.07, 6.45) is 5.79. The van der Waals surface area contributed by atoms with E-state index in [1.807, 2.05) is 6.08 Å². The van der Waals surface area contributed by atoms with Crippen LogP contribution < -0.4 is 0 Å². The molecular formula is C8H14ClNO. The Morgan fingerprint density at radius 2 is 1.91 bits per heavy atom. The summed E-state index contributed by atoms with van der Waals surface area (Å²) in [4.78, 5) is 2.23. The molecule has 3 heteroatoms. The summed E-state index contributed by atoms with van der Waals surface area (Å²) < 4.78 is 5.18. The van der Waals surface area contributed by atoms with Crippen LogP contribution in [0.2, 0.25) is 0 Å². The van der Waals surface area contributed by atoms with Gasteiger partial charge >= 0.3 is 0 Å². The smallest absolute Gasteiger partial charge is 0.0642 e. The van der Waals surface area contributed by atoms with Crippen molar-refractivity contribution in [3.63, 3.8) is 0 Å². The summed E-state index contributed by atoms with van der Waals surface area (Å²) in [5, 5.41) is 0. The fourth-order valence-electron chi connectivity index (χ4n) is 0.909. The number of nitrogens with zero attached hydrogens (tertiary/aromatic N) is 1. The van der Waals surface area contributed by atoms with Gasteiger partial charge in [0.1, 0.15) is 0 Å². The van der Waals surface area contributed by atoms with Crippen molar-refractivity contribution in [1.82, 2.24) is 4.90 Å². The summed E-state index contributed by atoms with van der Waals surface area (Å²) in [7, 11) is 0. The molecule has 0 amide bonds. The summed E-state index contributed by atoms with van der Waals surface area (Å²) in [5.41, 5.74) is 0. The predicted molar refractivity (Wildman–Crippen MR) is 49.0 cm³/mol. The van der Waals surface area contributed by atoms with E-state index >= 15 is 0 Å². The van der Waals surface area contributed by atoms with Crippen molar-refractivity contribution in [2.75, 3.05) is 26.3 Å². The maximum absolute atomic E-state index is 5.18. The molecule has 0 aliphatic carbocycles. The molecule has 64 valence electrons. The molecule has 11 heavy (non-hydrogen) atoms. The van der Waals surface area contributed by atoms with E-state index < -0.39 is 0 Å². The molecule has 0 spiro atoms. The first-order valence-corrected chi connectivity index (χ1v) is 3.54. The van der Waals surface area contributed by atoms with Gasteiger partial charge in [-0.3, -0.25) is 0 Å². The number of allylic oxidation sites excluding steroid dienone is 2. The molecule has 0 unspecified atom stereocenters. The van der Waals surface area contributed by atoms with Gasteiger partial charge in [-0.1, -0.05) is 12.7 Å². The quantitative estimate of drug-likeness (QED) is 0.589. The standard InChI is InChI=1S/C8H13NO.ClH/c1-2-3-4-9-5-7-10-8-6-9;/h2-4H,1,5-8H2;1H. The number of ether oxygens (including phenoxy) is 1. The van der Waals surface area contributed by atoms with E-state index in [-0.39, 0.29) is 12.4 Å². The fraction of sp³-hybridized carbons (Fsp3) is 0.500. The molecule has 1 aliphatic rings. The van der Waals surface area contributed by atoms with Gasteiger partial charge in [-0.25, -0.2) is 0 Å². The summed E-state index contributed by atoms with van der Waals surface area (Å²) in [5.74, 6) is 0. The average Bonchev–Trinajstić information content (AvgIpc) is 2.03. The second kappa shape index (κ2) is 6.25. The van der Waals surface area contributed by atoms with E-state index in [1.165, 1.54) is 0 Å². The highest BCUT2D eigenvalue weighted by Crippen LogP contribution is 1.96. The third kappa shape index (κ3) is 4.06. The molecule has 0 radical (unpaired) electrons. The first kappa shape index (κ1) is 10.5. The number of hydrogen-bond donors (Lipinski definition) is 0. The molecule has 1 fully saturated rings. The van der Waals surface area contributed by atoms with Crippen LogP contribution in [0.15, 0.2) is 24.9 Å². The molecular weight excluding hydrogens is 162 g/mol. The van der Waals surface area contributed by atoms with Crippen molar-refractivity contribution in [1.29, 1.82) is 0 Å². The minimum atomic E-state index is 0. The second-order valence-electron chi connectivity index (χ2n) is 2.23. The molecule has 1 saturated heterocycles. The lowest BCUT2D eigenvalue weighted by atomic mass is 10.4. The Morgan fingerprint density at radius 3 is 2.45 bits per heavy atom. The van der Waals surface area contributed by atoms with Crippen LogP contribution in [0.25, 0.3) is 0 Å². The van der Waals surface area contributed by atoms with Gasteiger partial charge in [0, 0.05) is 13.1 Å². The topological polar surface area (TPSA) is 12.5 Å². The van der Waals surface area contributed by atoms with Crippen molar-refractivity contribution < 1.29 is 4.74 Å². The highest BCUT2D eigenvalue weighted by Gasteiger charge is 2.03. The van der Waals surface area contributed by atoms with Gasteiger partial charge in [0.25, 0.3) is 0 Å². The summed E-state index contributed by atoms with van der Waals surface area (Å²) >= 11 is 0. The Labute approximate surface area is 73.9 Å². The van der Waals surface area contributed by atoms with E-state index in [0.29, 0.717) is 0 Å². The molecule has 0 aromatic rings. The SMILES string of the molecule is C=CC=CN1CCOCC1.Cl. The van der Waals surface area contributed by atoms with Gasteiger partial charge in [-0.2, -0.15) is 0 Å². The van der Waals surface area contributed by atoms with Crippen LogP contribution in [0.3, 0.4) is 0 Å². The Balaban J connectivity index is 0.000001000. The van der Waals surface area contributed by atoms with Gasteiger partial charge in [-0.05, 0) is 12.3 Å². The number of rotatable bonds is 2. The lowest BCUT2D eigenvalue weighted by Gasteiger charge is -2.24. The number of halogens is 1. The highest BCUT2D eigenvalue weighted by atomic mass is 35.5. The zero-order chi connectivity index (χ0) is 7.23. The Bertz CT molecular complexity index is 130. The third-order valence-corrected chi connectivity index (χ3v) is 1.48. The van der Waals surface area contributed by atoms with E-state index in [1.54, 1.807) is 6.08 Å². The van der Waals surface area contributed by atoms with E-state index in [9.17, 15) is 0 Å². The fourth-order valence-corrected chi connectivity index (χ4v) is 0.909. The average molecular weight is 176 g/mol. The molecule has 1 heterocycles. The lowest BCUT2D eigenvalue weighted by Crippen LogP contribution is -2.31. The predicted octanol–water partition coefficient (Wildman–Crippen LogP) is 1.44. The van der Waals surface area contributed by atoms with Gasteiger partial charge in [-0.15, -0.1) is 12.4 Å². The first-order chi connectivity index (χ1) is 4.93. The van der Waals surface area contributed by atoms with Crippen molar-refractivity contribution in [2.24, 2.45) is 0 Å². The minimum Gasteiger partial charge on any atom is -0.378 e. The molecule has 0 saturated carbocycles. The van der Waals surface area contributed by atoms with Crippen molar-refractivity contribution in [3.05, 3.63) is 24.9 Å². The highest BCUT2D eigenvalue weighted by molar-refractivity contribution is 5.85. The van der Waals surface area contributed by atoms with Crippen LogP contribution in [0.1, 0.15) is 0 Å². The number of morpholine rings is 1. The van der Waals surface area contributed by atoms with Gasteiger partial charge in [0.2, 0.25) is 0 Å². The molecule has 0 aromatic heterocycles. The summed E-state index contributed by atoms with van der Waals surface area (Å²) in [6.45, 7) is 7.31. The molecule has 1 rings (SSSR count). The van der Waals surface area contributed by atoms with Crippen molar-refractivity contribution in [2.45, 2.75) is 0 Å². The van der Waals surface area contributed by atoms with E-state index in [4.69, 9.17) is 4.74 Å². The van der Waals surface area contributed by atoms with Crippen LogP contribution >= 0.6 is 12.4 Å². The van der Waals surface area contributed by atoms with Crippen LogP contribution in [0, 0.1) is 0 Å². The zero-order valence-corrected chi connectivity index (χ0v) is 7.35. The van der Waals surface area contributed by atoms with Crippen molar-refractivity contribution >= 4 is 12.4 Å². The molecule has 0 aromatic carbocycles. The summed E-state index contributed by atoms with van der Waals surface area (Å²) in [6, 6.07) is 0. The molecule has 0 N–H and O–H groups in total. The van der Waals surface area contributed by atoms with Crippen LogP contribution in [0.4, 0.5) is 0 Å². The molecule has 1 aliphatic heterocycles. The third-order valence-electron chi connectivity index (χ3n) is 1.48. The van der Waals surface area contributed by atoms with Gasteiger partial charge in [0.15, 0.2) is 0 Å². The first-order valence-electron chi connectivity index (χ1n) is 3.54. The maximum atomic E-state index is 5.18. The second-order valence-corrected chi connectivity index (χ2v) is 2.23. The Kier molecular flexibility index (Phi) is 5.99. The Morgan fingerprint density at radius 1 is 1.27 bits per heavy atom. The molecule has 0 atom stereocenters.